The van der Waals surface area contributed by atoms with Gasteiger partial charge in [0, 0.05) is 0 Å². The molecule has 6 aromatic carbocycles. The van der Waals surface area contributed by atoms with Gasteiger partial charge in [-0.15, -0.1) is 0 Å². The van der Waals surface area contributed by atoms with Crippen LogP contribution in [0, 0.1) is 0 Å². The summed E-state index contributed by atoms with van der Waals surface area (Å²) < 4.78 is 57.1. The van der Waals surface area contributed by atoms with Crippen LogP contribution in [0.2, 0.25) is 0 Å². The zero-order valence-corrected chi connectivity index (χ0v) is 28.9. The Balaban J connectivity index is 0.000000171. The minimum Gasteiger partial charge on any atom is -0.747 e. The molecule has 6 nitrogen and oxygen atoms in total. The first kappa shape index (κ1) is 35.8. The van der Waals surface area contributed by atoms with Crippen molar-refractivity contribution in [2.45, 2.75) is 0 Å². The van der Waals surface area contributed by atoms with Crippen LogP contribution in [0.1, 0.15) is 0 Å². The predicted octanol–water partition coefficient (Wildman–Crippen LogP) is 4.39. The van der Waals surface area contributed by atoms with Gasteiger partial charge in [0.25, 0.3) is 0 Å². The average Bonchev–Trinajstić information content (AvgIpc) is 3.07. The standard InChI is InChI=1S/2C18H15P.CH4O6S2/c2*1-4-10-16(11-5-1)19(17-12-6-2-7-13-17)18-14-8-3-9-15-18;2-8(3,4)1-9(5,6)7/h2*1-15H;1H2,(H,2,3,4)(H,5,6,7). The van der Waals surface area contributed by atoms with Gasteiger partial charge in [-0.3, -0.25) is 0 Å². The maximum Gasteiger partial charge on any atom is 0.128 e. The fourth-order valence-corrected chi connectivity index (χ4v) is 11.4. The van der Waals surface area contributed by atoms with Crippen LogP contribution in [0.5, 0.6) is 0 Å². The normalized spacial score (nSPS) is 11.1. The molecule has 0 spiro atoms. The number of hydrogen-bond donors (Lipinski definition) is 0. The second kappa shape index (κ2) is 17.8. The van der Waals surface area contributed by atoms with Crippen LogP contribution in [0.15, 0.2) is 182 Å². The first-order valence-corrected chi connectivity index (χ1v) is 20.7. The molecule has 10 heteroatoms. The Morgan fingerprint density at radius 1 is 0.319 bits per heavy atom. The summed E-state index contributed by atoms with van der Waals surface area (Å²) in [5.41, 5.74) is 0. The number of benzene rings is 6. The highest BCUT2D eigenvalue weighted by Crippen LogP contribution is 2.33. The van der Waals surface area contributed by atoms with Gasteiger partial charge in [0.15, 0.2) is 0 Å². The lowest BCUT2D eigenvalue weighted by molar-refractivity contribution is 0.451. The minimum atomic E-state index is -4.93. The van der Waals surface area contributed by atoms with E-state index in [9.17, 15) is 25.9 Å². The Labute approximate surface area is 279 Å². The Kier molecular flexibility index (Phi) is 13.6. The van der Waals surface area contributed by atoms with E-state index < -0.39 is 41.2 Å². The average molecular weight is 701 g/mol. The van der Waals surface area contributed by atoms with E-state index in [1.165, 1.54) is 31.8 Å². The van der Waals surface area contributed by atoms with E-state index in [1.54, 1.807) is 0 Å². The second-order valence-corrected chi connectivity index (χ2v) is 18.3. The van der Waals surface area contributed by atoms with E-state index in [1.807, 2.05) is 0 Å². The van der Waals surface area contributed by atoms with E-state index in [0.29, 0.717) is 0 Å². The van der Waals surface area contributed by atoms with Crippen LogP contribution in [-0.4, -0.2) is 31.0 Å². The van der Waals surface area contributed by atoms with Gasteiger partial charge in [-0.2, -0.15) is 0 Å². The van der Waals surface area contributed by atoms with Gasteiger partial charge >= 0.3 is 0 Å². The van der Waals surface area contributed by atoms with Crippen molar-refractivity contribution in [1.82, 2.24) is 0 Å². The first-order valence-electron chi connectivity index (χ1n) is 14.5. The van der Waals surface area contributed by atoms with Crippen LogP contribution in [0.3, 0.4) is 0 Å². The van der Waals surface area contributed by atoms with E-state index in [2.05, 4.69) is 182 Å². The summed E-state index contributed by atoms with van der Waals surface area (Å²) in [5, 5.41) is 6.74. The van der Waals surface area contributed by atoms with Crippen LogP contribution in [-0.2, 0) is 20.2 Å². The smallest absolute Gasteiger partial charge is 0.128 e. The summed E-state index contributed by atoms with van der Waals surface area (Å²) in [7, 11) is -11.6. The Morgan fingerprint density at radius 3 is 0.574 bits per heavy atom. The molecule has 0 saturated carbocycles. The highest BCUT2D eigenvalue weighted by Gasteiger charge is 2.25. The quantitative estimate of drug-likeness (QED) is 0.172. The maximum atomic E-state index is 9.51. The number of rotatable bonds is 8. The Bertz CT molecular complexity index is 1650. The van der Waals surface area contributed by atoms with Crippen molar-refractivity contribution in [1.29, 1.82) is 0 Å². The summed E-state index contributed by atoms with van der Waals surface area (Å²) in [5.74, 6) is 0. The molecule has 0 aromatic heterocycles. The zero-order valence-electron chi connectivity index (χ0n) is 25.3. The Hall–Kier alpha value is -4.00. The highest BCUT2D eigenvalue weighted by atomic mass is 32.3. The van der Waals surface area contributed by atoms with Gasteiger partial charge in [-0.05, 0) is 72.8 Å². The summed E-state index contributed by atoms with van der Waals surface area (Å²) >= 11 is 0. The molecule has 0 radical (unpaired) electrons. The lowest BCUT2D eigenvalue weighted by Crippen LogP contribution is -2.20. The van der Waals surface area contributed by atoms with Crippen molar-refractivity contribution in [3.8, 4) is 0 Å². The Morgan fingerprint density at radius 2 is 0.468 bits per heavy atom. The van der Waals surface area contributed by atoms with Gasteiger partial charge in [0.1, 0.15) is 57.1 Å². The molecule has 240 valence electrons. The molecule has 6 aromatic rings. The molecule has 0 saturated heterocycles. The number of hydrogen-bond acceptors (Lipinski definition) is 6. The van der Waals surface area contributed by atoms with Gasteiger partial charge in [0.2, 0.25) is 0 Å². The van der Waals surface area contributed by atoms with Gasteiger partial charge in [0.05, 0.1) is 15.8 Å². The SMILES string of the molecule is O=S(=O)([O-])CS(=O)(=O)[O-].c1ccc([PH+](c2ccccc2)c2ccccc2)cc1.c1ccc([PH+](c2ccccc2)c2ccccc2)cc1. The summed E-state index contributed by atoms with van der Waals surface area (Å²) in [4.78, 5) is 0. The molecule has 0 unspecified atom stereocenters. The van der Waals surface area contributed by atoms with Crippen LogP contribution >= 0.6 is 15.8 Å². The molecule has 0 fully saturated rings. The van der Waals surface area contributed by atoms with Gasteiger partial charge in [-0.25, -0.2) is 16.8 Å². The van der Waals surface area contributed by atoms with E-state index in [-0.39, 0.29) is 0 Å². The minimum absolute atomic E-state index is 0.877. The molecular formula is C37H34O6P2S2. The van der Waals surface area contributed by atoms with Crippen molar-refractivity contribution in [2.24, 2.45) is 0 Å². The fraction of sp³-hybridized carbons (Fsp3) is 0.0270. The molecule has 0 aliphatic heterocycles. The van der Waals surface area contributed by atoms with E-state index in [0.717, 1.165) is 0 Å². The second-order valence-electron chi connectivity index (χ2n) is 10.2. The van der Waals surface area contributed by atoms with Crippen LogP contribution < -0.4 is 31.8 Å². The summed E-state index contributed by atoms with van der Waals surface area (Å²) in [6.45, 7) is 0. The topological polar surface area (TPSA) is 114 Å². The van der Waals surface area contributed by atoms with Crippen LogP contribution in [0.4, 0.5) is 0 Å². The fourth-order valence-electron chi connectivity index (χ4n) is 4.81. The van der Waals surface area contributed by atoms with E-state index in [4.69, 9.17) is 0 Å². The van der Waals surface area contributed by atoms with Crippen molar-refractivity contribution < 1.29 is 25.9 Å². The van der Waals surface area contributed by atoms with Crippen molar-refractivity contribution >= 4 is 67.9 Å². The third kappa shape index (κ3) is 12.3. The van der Waals surface area contributed by atoms with Crippen molar-refractivity contribution in [2.75, 3.05) is 5.08 Å². The zero-order chi connectivity index (χ0) is 33.5. The van der Waals surface area contributed by atoms with Crippen molar-refractivity contribution in [3.05, 3.63) is 182 Å². The first-order chi connectivity index (χ1) is 22.6. The highest BCUT2D eigenvalue weighted by molar-refractivity contribution is 8.02. The molecule has 0 aliphatic rings. The lowest BCUT2D eigenvalue weighted by atomic mass is 10.4. The predicted molar refractivity (Wildman–Crippen MR) is 197 cm³/mol. The summed E-state index contributed by atoms with van der Waals surface area (Å²) in [6, 6.07) is 65.0. The molecule has 0 heterocycles. The molecule has 0 bridgehead atoms. The molecule has 0 atom stereocenters. The van der Waals surface area contributed by atoms with Gasteiger partial charge in [-0.1, -0.05) is 109 Å². The third-order valence-corrected chi connectivity index (χ3v) is 14.4. The van der Waals surface area contributed by atoms with Crippen LogP contribution in [0.25, 0.3) is 0 Å². The molecule has 0 aliphatic carbocycles. The lowest BCUT2D eigenvalue weighted by Gasteiger charge is -2.10. The summed E-state index contributed by atoms with van der Waals surface area (Å²) in [6.07, 6.45) is 0. The van der Waals surface area contributed by atoms with E-state index >= 15 is 0 Å². The largest absolute Gasteiger partial charge is 0.747 e. The molecule has 0 amide bonds. The maximum absolute atomic E-state index is 9.51. The van der Waals surface area contributed by atoms with Gasteiger partial charge < -0.3 is 9.11 Å². The molecule has 6 rings (SSSR count). The van der Waals surface area contributed by atoms with Crippen molar-refractivity contribution in [3.63, 3.8) is 0 Å². The third-order valence-electron chi connectivity index (χ3n) is 6.66. The monoisotopic (exact) mass is 700 g/mol. The molecule has 0 N–H and O–H groups in total. The molecule has 47 heavy (non-hydrogen) atoms. The molecular weight excluding hydrogens is 666 g/mol.